The summed E-state index contributed by atoms with van der Waals surface area (Å²) in [5.41, 5.74) is -0.552. The third-order valence-electron chi connectivity index (χ3n) is 3.38. The summed E-state index contributed by atoms with van der Waals surface area (Å²) in [6.45, 7) is 5.11. The van der Waals surface area contributed by atoms with Gasteiger partial charge in [0.25, 0.3) is 0 Å². The largest absolute Gasteiger partial charge is 0.464 e. The van der Waals surface area contributed by atoms with Gasteiger partial charge in [-0.3, -0.25) is 0 Å². The molecule has 114 valence electrons. The molecule has 1 aromatic rings. The summed E-state index contributed by atoms with van der Waals surface area (Å²) in [6.07, 6.45) is 1.63. The number of hydrogen-bond acceptors (Lipinski definition) is 5. The molecule has 0 radical (unpaired) electrons. The van der Waals surface area contributed by atoms with E-state index in [-0.39, 0.29) is 4.90 Å². The Morgan fingerprint density at radius 3 is 2.80 bits per heavy atom. The molecular weight excluding hydrogens is 280 g/mol. The summed E-state index contributed by atoms with van der Waals surface area (Å²) in [6, 6.07) is 1.57. The maximum atomic E-state index is 12.5. The molecule has 1 fully saturated rings. The van der Waals surface area contributed by atoms with Crippen molar-refractivity contribution in [2.45, 2.75) is 43.7 Å². The van der Waals surface area contributed by atoms with Gasteiger partial charge in [-0.05, 0) is 33.7 Å². The summed E-state index contributed by atoms with van der Waals surface area (Å²) in [4.78, 5) is 0.203. The molecule has 1 aromatic heterocycles. The van der Waals surface area contributed by atoms with Crippen LogP contribution in [-0.2, 0) is 21.3 Å². The van der Waals surface area contributed by atoms with Crippen LogP contribution in [0.25, 0.3) is 0 Å². The summed E-state index contributed by atoms with van der Waals surface area (Å²) in [5.74, 6) is 1.01. The van der Waals surface area contributed by atoms with E-state index in [2.05, 4.69) is 10.0 Å². The van der Waals surface area contributed by atoms with Gasteiger partial charge < -0.3 is 14.5 Å². The van der Waals surface area contributed by atoms with Crippen LogP contribution in [0.5, 0.6) is 0 Å². The minimum atomic E-state index is -3.60. The van der Waals surface area contributed by atoms with E-state index in [1.165, 1.54) is 0 Å². The molecule has 1 aliphatic rings. The average molecular weight is 302 g/mol. The molecule has 2 heterocycles. The van der Waals surface area contributed by atoms with E-state index < -0.39 is 15.6 Å². The monoisotopic (exact) mass is 302 g/mol. The van der Waals surface area contributed by atoms with Crippen molar-refractivity contribution in [3.63, 3.8) is 0 Å². The van der Waals surface area contributed by atoms with Gasteiger partial charge in [-0.15, -0.1) is 0 Å². The summed E-state index contributed by atoms with van der Waals surface area (Å²) in [5, 5.41) is 2.94. The number of aryl methyl sites for hydroxylation is 1. The van der Waals surface area contributed by atoms with E-state index >= 15 is 0 Å². The highest BCUT2D eigenvalue weighted by atomic mass is 32.2. The molecule has 1 unspecified atom stereocenters. The first-order valence-corrected chi connectivity index (χ1v) is 8.20. The fourth-order valence-electron chi connectivity index (χ4n) is 2.45. The third kappa shape index (κ3) is 3.41. The lowest BCUT2D eigenvalue weighted by Gasteiger charge is -2.33. The van der Waals surface area contributed by atoms with Crippen molar-refractivity contribution < 1.29 is 17.6 Å². The molecule has 1 saturated heterocycles. The van der Waals surface area contributed by atoms with Crippen molar-refractivity contribution >= 4 is 10.0 Å². The van der Waals surface area contributed by atoms with E-state index in [1.807, 2.05) is 6.92 Å². The quantitative estimate of drug-likeness (QED) is 0.853. The second-order valence-corrected chi connectivity index (χ2v) is 7.14. The number of rotatable bonds is 5. The summed E-state index contributed by atoms with van der Waals surface area (Å²) in [7, 11) is -1.82. The molecule has 1 aliphatic heterocycles. The SMILES string of the molecule is CNCc1cc(S(=O)(=O)NC2(C)CCCOC2)c(C)o1. The molecule has 0 aliphatic carbocycles. The number of sulfonamides is 1. The number of nitrogens with one attached hydrogen (secondary N) is 2. The van der Waals surface area contributed by atoms with Gasteiger partial charge in [-0.2, -0.15) is 0 Å². The third-order valence-corrected chi connectivity index (χ3v) is 5.13. The normalized spacial score (nSPS) is 23.9. The van der Waals surface area contributed by atoms with Crippen LogP contribution in [0, 0.1) is 6.92 Å². The second-order valence-electron chi connectivity index (χ2n) is 5.49. The lowest BCUT2D eigenvalue weighted by atomic mass is 9.97. The smallest absolute Gasteiger partial charge is 0.244 e. The first-order chi connectivity index (χ1) is 9.36. The molecule has 6 nitrogen and oxygen atoms in total. The first-order valence-electron chi connectivity index (χ1n) is 6.72. The van der Waals surface area contributed by atoms with Crippen LogP contribution in [0.4, 0.5) is 0 Å². The van der Waals surface area contributed by atoms with E-state index in [4.69, 9.17) is 9.15 Å². The molecule has 0 aromatic carbocycles. The van der Waals surface area contributed by atoms with Crippen LogP contribution in [0.15, 0.2) is 15.4 Å². The fourth-order valence-corrected chi connectivity index (χ4v) is 4.07. The zero-order chi connectivity index (χ0) is 14.8. The first kappa shape index (κ1) is 15.5. The average Bonchev–Trinajstić information content (AvgIpc) is 2.71. The number of furan rings is 1. The Morgan fingerprint density at radius 2 is 2.20 bits per heavy atom. The minimum Gasteiger partial charge on any atom is -0.464 e. The van der Waals surface area contributed by atoms with Crippen LogP contribution in [0.2, 0.25) is 0 Å². The van der Waals surface area contributed by atoms with E-state index in [0.717, 1.165) is 12.8 Å². The maximum absolute atomic E-state index is 12.5. The molecular formula is C13H22N2O4S. The number of ether oxygens (including phenoxy) is 1. The Bertz CT molecular complexity index is 559. The Morgan fingerprint density at radius 1 is 1.45 bits per heavy atom. The van der Waals surface area contributed by atoms with Crippen LogP contribution in [0.3, 0.4) is 0 Å². The van der Waals surface area contributed by atoms with Gasteiger partial charge in [0.05, 0.1) is 18.7 Å². The fraction of sp³-hybridized carbons (Fsp3) is 0.692. The van der Waals surface area contributed by atoms with Crippen molar-refractivity contribution in [3.05, 3.63) is 17.6 Å². The van der Waals surface area contributed by atoms with Gasteiger partial charge >= 0.3 is 0 Å². The van der Waals surface area contributed by atoms with Crippen LogP contribution < -0.4 is 10.0 Å². The lowest BCUT2D eigenvalue weighted by molar-refractivity contribution is 0.0386. The van der Waals surface area contributed by atoms with Gasteiger partial charge in [0.15, 0.2) is 0 Å². The Labute approximate surface area is 119 Å². The standard InChI is InChI=1S/C13H22N2O4S/c1-10-12(7-11(19-10)8-14-3)20(16,17)15-13(2)5-4-6-18-9-13/h7,14-15H,4-6,8-9H2,1-3H3. The molecule has 1 atom stereocenters. The highest BCUT2D eigenvalue weighted by molar-refractivity contribution is 7.89. The van der Waals surface area contributed by atoms with E-state index in [9.17, 15) is 8.42 Å². The minimum absolute atomic E-state index is 0.203. The molecule has 2 rings (SSSR count). The van der Waals surface area contributed by atoms with Crippen molar-refractivity contribution in [2.24, 2.45) is 0 Å². The van der Waals surface area contributed by atoms with E-state index in [0.29, 0.717) is 31.3 Å². The predicted octanol–water partition coefficient (Wildman–Crippen LogP) is 1.15. The molecule has 7 heteroatoms. The summed E-state index contributed by atoms with van der Waals surface area (Å²) < 4.78 is 38.6. The van der Waals surface area contributed by atoms with Crippen LogP contribution >= 0.6 is 0 Å². The van der Waals surface area contributed by atoms with Gasteiger partial charge in [-0.25, -0.2) is 13.1 Å². The predicted molar refractivity (Wildman–Crippen MR) is 75.0 cm³/mol. The van der Waals surface area contributed by atoms with E-state index in [1.54, 1.807) is 20.0 Å². The zero-order valence-electron chi connectivity index (χ0n) is 12.2. The van der Waals surface area contributed by atoms with Crippen LogP contribution in [-0.4, -0.2) is 34.2 Å². The molecule has 2 N–H and O–H groups in total. The van der Waals surface area contributed by atoms with Gasteiger partial charge in [0.1, 0.15) is 16.4 Å². The molecule has 0 bridgehead atoms. The number of hydrogen-bond donors (Lipinski definition) is 2. The molecule has 0 spiro atoms. The second kappa shape index (κ2) is 5.85. The Hall–Kier alpha value is -0.890. The highest BCUT2D eigenvalue weighted by Crippen LogP contribution is 2.25. The molecule has 20 heavy (non-hydrogen) atoms. The van der Waals surface area contributed by atoms with Crippen molar-refractivity contribution in [3.8, 4) is 0 Å². The summed E-state index contributed by atoms with van der Waals surface area (Å²) >= 11 is 0. The Kier molecular flexibility index (Phi) is 4.53. The van der Waals surface area contributed by atoms with Crippen molar-refractivity contribution in [1.29, 1.82) is 0 Å². The van der Waals surface area contributed by atoms with Gasteiger partial charge in [0.2, 0.25) is 10.0 Å². The lowest BCUT2D eigenvalue weighted by Crippen LogP contribution is -2.51. The topological polar surface area (TPSA) is 80.6 Å². The highest BCUT2D eigenvalue weighted by Gasteiger charge is 2.34. The van der Waals surface area contributed by atoms with Crippen molar-refractivity contribution in [1.82, 2.24) is 10.0 Å². The van der Waals surface area contributed by atoms with Crippen LogP contribution in [0.1, 0.15) is 31.3 Å². The molecule has 0 saturated carbocycles. The van der Waals surface area contributed by atoms with Crippen molar-refractivity contribution in [2.75, 3.05) is 20.3 Å². The molecule has 0 amide bonds. The zero-order valence-corrected chi connectivity index (χ0v) is 13.0. The maximum Gasteiger partial charge on any atom is 0.244 e. The van der Waals surface area contributed by atoms with Gasteiger partial charge in [0, 0.05) is 12.7 Å². The Balaban J connectivity index is 2.21. The van der Waals surface area contributed by atoms with Gasteiger partial charge in [-0.1, -0.05) is 0 Å².